The molecule has 0 radical (unpaired) electrons. The van der Waals surface area contributed by atoms with Crippen LogP contribution >= 0.6 is 34.5 Å². The summed E-state index contributed by atoms with van der Waals surface area (Å²) in [7, 11) is 1.93. The highest BCUT2D eigenvalue weighted by atomic mass is 35.5. The van der Waals surface area contributed by atoms with Crippen LogP contribution in [0.2, 0.25) is 8.67 Å². The summed E-state index contributed by atoms with van der Waals surface area (Å²) in [5, 5.41) is 0.932. The van der Waals surface area contributed by atoms with E-state index in [4.69, 9.17) is 23.2 Å². The highest BCUT2D eigenvalue weighted by Crippen LogP contribution is 2.34. The third-order valence-electron chi connectivity index (χ3n) is 3.29. The first kappa shape index (κ1) is 13.7. The van der Waals surface area contributed by atoms with Gasteiger partial charge in [0.15, 0.2) is 5.78 Å². The molecule has 0 N–H and O–H groups in total. The number of fused-ring (bicyclic) bond motifs is 1. The van der Waals surface area contributed by atoms with Crippen molar-refractivity contribution < 1.29 is 4.79 Å². The van der Waals surface area contributed by atoms with Crippen molar-refractivity contribution in [3.8, 4) is 0 Å². The molecule has 2 heterocycles. The maximum absolute atomic E-state index is 12.6. The van der Waals surface area contributed by atoms with E-state index in [2.05, 4.69) is 6.07 Å². The van der Waals surface area contributed by atoms with Crippen molar-refractivity contribution >= 4 is 51.2 Å². The van der Waals surface area contributed by atoms with E-state index in [0.717, 1.165) is 16.5 Å². The van der Waals surface area contributed by atoms with Crippen LogP contribution in [0.3, 0.4) is 0 Å². The molecule has 20 heavy (non-hydrogen) atoms. The Kier molecular flexibility index (Phi) is 3.36. The van der Waals surface area contributed by atoms with Crippen LogP contribution < -0.4 is 0 Å². The number of rotatable bonds is 2. The number of hydrogen-bond donors (Lipinski definition) is 0. The monoisotopic (exact) mass is 323 g/mol. The number of ketones is 1. The third kappa shape index (κ3) is 2.16. The van der Waals surface area contributed by atoms with Crippen LogP contribution in [0.5, 0.6) is 0 Å². The van der Waals surface area contributed by atoms with Gasteiger partial charge >= 0.3 is 0 Å². The molecule has 5 heteroatoms. The van der Waals surface area contributed by atoms with Gasteiger partial charge < -0.3 is 4.57 Å². The zero-order chi connectivity index (χ0) is 14.4. The van der Waals surface area contributed by atoms with E-state index < -0.39 is 0 Å². The maximum atomic E-state index is 12.6. The minimum Gasteiger partial charge on any atom is -0.350 e. The second-order valence-corrected chi connectivity index (χ2v) is 7.03. The van der Waals surface area contributed by atoms with Crippen molar-refractivity contribution in [1.29, 1.82) is 0 Å². The smallest absolute Gasteiger partial charge is 0.197 e. The van der Waals surface area contributed by atoms with Gasteiger partial charge in [0, 0.05) is 29.7 Å². The van der Waals surface area contributed by atoms with E-state index in [1.807, 2.05) is 36.9 Å². The Labute approximate surface area is 130 Å². The number of hydrogen-bond acceptors (Lipinski definition) is 2. The molecular weight excluding hydrogens is 313 g/mol. The first-order valence-electron chi connectivity index (χ1n) is 6.02. The predicted octanol–water partition coefficient (Wildman–Crippen LogP) is 5.09. The van der Waals surface area contributed by atoms with Crippen LogP contribution in [-0.2, 0) is 7.05 Å². The van der Waals surface area contributed by atoms with Crippen LogP contribution in [0.1, 0.15) is 21.5 Å². The van der Waals surface area contributed by atoms with Crippen LogP contribution in [-0.4, -0.2) is 10.4 Å². The lowest BCUT2D eigenvalue weighted by molar-refractivity contribution is 0.104. The topological polar surface area (TPSA) is 22.0 Å². The molecule has 0 aliphatic carbocycles. The molecule has 3 aromatic rings. The summed E-state index contributed by atoms with van der Waals surface area (Å²) in [6.45, 7) is 2.03. The van der Waals surface area contributed by atoms with E-state index in [0.29, 0.717) is 19.8 Å². The molecule has 0 saturated carbocycles. The highest BCUT2D eigenvalue weighted by molar-refractivity contribution is 7.20. The Morgan fingerprint density at radius 2 is 1.95 bits per heavy atom. The van der Waals surface area contributed by atoms with Crippen LogP contribution in [0.25, 0.3) is 10.9 Å². The summed E-state index contributed by atoms with van der Waals surface area (Å²) in [4.78, 5) is 12.6. The molecule has 1 aromatic carbocycles. The van der Waals surface area contributed by atoms with Gasteiger partial charge in [-0.05, 0) is 24.6 Å². The molecule has 0 aliphatic heterocycles. The van der Waals surface area contributed by atoms with Crippen molar-refractivity contribution in [2.75, 3.05) is 0 Å². The quantitative estimate of drug-likeness (QED) is 0.602. The van der Waals surface area contributed by atoms with Crippen molar-refractivity contribution in [2.24, 2.45) is 7.05 Å². The van der Waals surface area contributed by atoms with Gasteiger partial charge in [0.2, 0.25) is 0 Å². The number of benzene rings is 1. The van der Waals surface area contributed by atoms with Gasteiger partial charge in [-0.25, -0.2) is 0 Å². The van der Waals surface area contributed by atoms with Crippen molar-refractivity contribution in [3.05, 3.63) is 55.8 Å². The average Bonchev–Trinajstić information content (AvgIpc) is 2.89. The van der Waals surface area contributed by atoms with Gasteiger partial charge in [-0.1, -0.05) is 35.3 Å². The minimum atomic E-state index is -0.0902. The Bertz CT molecular complexity index is 832. The summed E-state index contributed by atoms with van der Waals surface area (Å²) in [6, 6.07) is 7.67. The summed E-state index contributed by atoms with van der Waals surface area (Å²) < 4.78 is 2.91. The number of nitrogens with zero attached hydrogens (tertiary/aromatic N) is 1. The molecule has 0 unspecified atom stereocenters. The molecule has 0 fully saturated rings. The molecule has 0 amide bonds. The zero-order valence-corrected chi connectivity index (χ0v) is 13.2. The van der Waals surface area contributed by atoms with Gasteiger partial charge in [-0.3, -0.25) is 4.79 Å². The fourth-order valence-electron chi connectivity index (χ4n) is 2.32. The molecule has 3 rings (SSSR count). The van der Waals surface area contributed by atoms with Crippen molar-refractivity contribution in [3.63, 3.8) is 0 Å². The predicted molar refractivity (Wildman–Crippen MR) is 85.4 cm³/mol. The maximum Gasteiger partial charge on any atom is 0.197 e. The SMILES string of the molecule is Cc1ccc2c(C(=O)c3cc(Cl)sc3Cl)cn(C)c2c1. The average molecular weight is 324 g/mol. The Morgan fingerprint density at radius 3 is 2.60 bits per heavy atom. The summed E-state index contributed by atoms with van der Waals surface area (Å²) in [5.74, 6) is -0.0902. The number of carbonyl (C=O) groups is 1. The molecule has 2 aromatic heterocycles. The first-order valence-corrected chi connectivity index (χ1v) is 7.60. The fourth-order valence-corrected chi connectivity index (χ4v) is 3.77. The second-order valence-electron chi connectivity index (χ2n) is 4.74. The van der Waals surface area contributed by atoms with E-state index in [-0.39, 0.29) is 5.78 Å². The Hall–Kier alpha value is -1.29. The molecule has 0 aliphatic rings. The number of thiophene rings is 1. The number of aromatic nitrogens is 1. The van der Waals surface area contributed by atoms with E-state index in [1.54, 1.807) is 6.07 Å². The summed E-state index contributed by atoms with van der Waals surface area (Å²) in [6.07, 6.45) is 1.84. The minimum absolute atomic E-state index is 0.0902. The molecule has 0 saturated heterocycles. The standard InChI is InChI=1S/C15H11Cl2NOS/c1-8-3-4-9-11(7-18(2)12(9)5-8)14(19)10-6-13(16)20-15(10)17/h3-7H,1-2H3. The second kappa shape index (κ2) is 4.92. The first-order chi connectivity index (χ1) is 9.47. The molecule has 2 nitrogen and oxygen atoms in total. The van der Waals surface area contributed by atoms with Crippen molar-refractivity contribution in [1.82, 2.24) is 4.57 Å². The van der Waals surface area contributed by atoms with Crippen LogP contribution in [0, 0.1) is 6.92 Å². The summed E-state index contributed by atoms with van der Waals surface area (Å²) >= 11 is 13.2. The number of halogens is 2. The van der Waals surface area contributed by atoms with Gasteiger partial charge in [0.1, 0.15) is 4.34 Å². The lowest BCUT2D eigenvalue weighted by Gasteiger charge is -1.99. The molecule has 0 spiro atoms. The lowest BCUT2D eigenvalue weighted by atomic mass is 10.0. The van der Waals surface area contributed by atoms with E-state index >= 15 is 0 Å². The van der Waals surface area contributed by atoms with Gasteiger partial charge in [-0.15, -0.1) is 11.3 Å². The Morgan fingerprint density at radius 1 is 1.20 bits per heavy atom. The Balaban J connectivity index is 2.20. The van der Waals surface area contributed by atoms with E-state index in [1.165, 1.54) is 11.3 Å². The normalized spacial score (nSPS) is 11.2. The van der Waals surface area contributed by atoms with E-state index in [9.17, 15) is 4.79 Å². The van der Waals surface area contributed by atoms with Gasteiger partial charge in [0.05, 0.1) is 9.90 Å². The highest BCUT2D eigenvalue weighted by Gasteiger charge is 2.20. The molecule has 0 atom stereocenters. The molecule has 102 valence electrons. The third-order valence-corrected chi connectivity index (χ3v) is 4.78. The van der Waals surface area contributed by atoms with Crippen LogP contribution in [0.15, 0.2) is 30.5 Å². The number of carbonyl (C=O) groups excluding carboxylic acids is 1. The van der Waals surface area contributed by atoms with Gasteiger partial charge in [0.25, 0.3) is 0 Å². The molecule has 0 bridgehead atoms. The van der Waals surface area contributed by atoms with Crippen LogP contribution in [0.4, 0.5) is 0 Å². The number of aryl methyl sites for hydroxylation is 2. The lowest BCUT2D eigenvalue weighted by Crippen LogP contribution is -1.99. The largest absolute Gasteiger partial charge is 0.350 e. The fraction of sp³-hybridized carbons (Fsp3) is 0.133. The van der Waals surface area contributed by atoms with Gasteiger partial charge in [-0.2, -0.15) is 0 Å². The molecular formula is C15H11Cl2NOS. The van der Waals surface area contributed by atoms with Crippen molar-refractivity contribution in [2.45, 2.75) is 6.92 Å². The summed E-state index contributed by atoms with van der Waals surface area (Å²) in [5.41, 5.74) is 3.31. The zero-order valence-electron chi connectivity index (χ0n) is 10.9.